The quantitative estimate of drug-likeness (QED) is 0.925. The summed E-state index contributed by atoms with van der Waals surface area (Å²) in [5.74, 6) is 0.899. The lowest BCUT2D eigenvalue weighted by atomic mass is 10.1. The highest BCUT2D eigenvalue weighted by Gasteiger charge is 2.15. The predicted octanol–water partition coefficient (Wildman–Crippen LogP) is 3.89. The standard InChI is InChI=1S/C17H23N3O/c1-13-15(14(2)21-19-13)12-18-16-8-4-5-9-17(16)20-10-6-3-7-11-20/h4-5,8-9,18H,3,6-7,10-12H2,1-2H3. The van der Waals surface area contributed by atoms with Gasteiger partial charge in [0.15, 0.2) is 0 Å². The predicted molar refractivity (Wildman–Crippen MR) is 85.8 cm³/mol. The maximum atomic E-state index is 5.23. The van der Waals surface area contributed by atoms with Crippen LogP contribution in [-0.2, 0) is 6.54 Å². The van der Waals surface area contributed by atoms with E-state index in [0.717, 1.165) is 36.7 Å². The first-order valence-electron chi connectivity index (χ1n) is 7.75. The van der Waals surface area contributed by atoms with Gasteiger partial charge in [-0.3, -0.25) is 0 Å². The molecule has 4 nitrogen and oxygen atoms in total. The van der Waals surface area contributed by atoms with Crippen molar-refractivity contribution >= 4 is 11.4 Å². The van der Waals surface area contributed by atoms with Crippen LogP contribution in [0.2, 0.25) is 0 Å². The van der Waals surface area contributed by atoms with Gasteiger partial charge in [-0.1, -0.05) is 17.3 Å². The Balaban J connectivity index is 1.76. The van der Waals surface area contributed by atoms with E-state index in [-0.39, 0.29) is 0 Å². The van der Waals surface area contributed by atoms with Crippen LogP contribution in [0.4, 0.5) is 11.4 Å². The zero-order chi connectivity index (χ0) is 14.7. The molecule has 2 heterocycles. The number of nitrogens with one attached hydrogen (secondary N) is 1. The van der Waals surface area contributed by atoms with Gasteiger partial charge in [0.2, 0.25) is 0 Å². The monoisotopic (exact) mass is 285 g/mol. The third-order valence-corrected chi connectivity index (χ3v) is 4.24. The summed E-state index contributed by atoms with van der Waals surface area (Å²) in [6.07, 6.45) is 3.93. The smallest absolute Gasteiger partial charge is 0.138 e. The molecule has 1 fully saturated rings. The fourth-order valence-electron chi connectivity index (χ4n) is 2.97. The lowest BCUT2D eigenvalue weighted by Gasteiger charge is -2.30. The van der Waals surface area contributed by atoms with E-state index in [2.05, 4.69) is 39.6 Å². The lowest BCUT2D eigenvalue weighted by molar-refractivity contribution is 0.392. The highest BCUT2D eigenvalue weighted by molar-refractivity contribution is 5.70. The number of piperidine rings is 1. The number of anilines is 2. The minimum atomic E-state index is 0.756. The topological polar surface area (TPSA) is 41.3 Å². The maximum absolute atomic E-state index is 5.23. The summed E-state index contributed by atoms with van der Waals surface area (Å²) >= 11 is 0. The number of benzene rings is 1. The summed E-state index contributed by atoms with van der Waals surface area (Å²) in [7, 11) is 0. The van der Waals surface area contributed by atoms with Gasteiger partial charge < -0.3 is 14.7 Å². The summed E-state index contributed by atoms with van der Waals surface area (Å²) in [6.45, 7) is 7.03. The zero-order valence-electron chi connectivity index (χ0n) is 12.9. The molecule has 21 heavy (non-hydrogen) atoms. The molecule has 1 N–H and O–H groups in total. The Labute approximate surface area is 126 Å². The van der Waals surface area contributed by atoms with E-state index in [9.17, 15) is 0 Å². The third kappa shape index (κ3) is 3.04. The molecule has 0 atom stereocenters. The molecule has 0 radical (unpaired) electrons. The molecule has 2 aromatic rings. The van der Waals surface area contributed by atoms with Crippen molar-refractivity contribution in [2.24, 2.45) is 0 Å². The van der Waals surface area contributed by atoms with Crippen LogP contribution in [0.1, 0.15) is 36.3 Å². The minimum absolute atomic E-state index is 0.756. The van der Waals surface area contributed by atoms with Gasteiger partial charge in [0.05, 0.1) is 17.1 Å². The first-order valence-corrected chi connectivity index (χ1v) is 7.75. The molecule has 1 aromatic heterocycles. The molecule has 0 amide bonds. The number of aryl methyl sites for hydroxylation is 2. The van der Waals surface area contributed by atoms with Gasteiger partial charge >= 0.3 is 0 Å². The van der Waals surface area contributed by atoms with Crippen LogP contribution in [0.3, 0.4) is 0 Å². The molecular weight excluding hydrogens is 262 g/mol. The molecule has 3 rings (SSSR count). The molecule has 0 aliphatic carbocycles. The van der Waals surface area contributed by atoms with Crippen molar-refractivity contribution in [3.63, 3.8) is 0 Å². The molecule has 4 heteroatoms. The molecule has 0 spiro atoms. The molecule has 0 unspecified atom stereocenters. The molecule has 1 saturated heterocycles. The van der Waals surface area contributed by atoms with Gasteiger partial charge in [-0.2, -0.15) is 0 Å². The van der Waals surface area contributed by atoms with E-state index >= 15 is 0 Å². The summed E-state index contributed by atoms with van der Waals surface area (Å²) in [6, 6.07) is 8.57. The SMILES string of the molecule is Cc1noc(C)c1CNc1ccccc1N1CCCCC1. The van der Waals surface area contributed by atoms with Crippen LogP contribution in [0.25, 0.3) is 0 Å². The number of rotatable bonds is 4. The Kier molecular flexibility index (Phi) is 4.13. The fourth-order valence-corrected chi connectivity index (χ4v) is 2.97. The van der Waals surface area contributed by atoms with Crippen molar-refractivity contribution in [3.8, 4) is 0 Å². The lowest BCUT2D eigenvalue weighted by Crippen LogP contribution is -2.30. The van der Waals surface area contributed by atoms with Gasteiger partial charge in [0.1, 0.15) is 5.76 Å². The summed E-state index contributed by atoms with van der Waals surface area (Å²) in [4.78, 5) is 2.49. The van der Waals surface area contributed by atoms with Crippen LogP contribution in [-0.4, -0.2) is 18.2 Å². The van der Waals surface area contributed by atoms with Gasteiger partial charge in [0, 0.05) is 25.2 Å². The number of aromatic nitrogens is 1. The van der Waals surface area contributed by atoms with Gasteiger partial charge in [-0.05, 0) is 45.2 Å². The summed E-state index contributed by atoms with van der Waals surface area (Å²) in [5.41, 5.74) is 4.63. The van der Waals surface area contributed by atoms with E-state index < -0.39 is 0 Å². The molecule has 1 aromatic carbocycles. The Bertz CT molecular complexity index is 580. The van der Waals surface area contributed by atoms with Gasteiger partial charge in [-0.15, -0.1) is 0 Å². The molecule has 0 bridgehead atoms. The normalized spacial score (nSPS) is 15.2. The van der Waals surface area contributed by atoms with Gasteiger partial charge in [0.25, 0.3) is 0 Å². The highest BCUT2D eigenvalue weighted by atomic mass is 16.5. The number of hydrogen-bond donors (Lipinski definition) is 1. The second-order valence-corrected chi connectivity index (χ2v) is 5.72. The van der Waals surface area contributed by atoms with E-state index in [4.69, 9.17) is 4.52 Å². The van der Waals surface area contributed by atoms with Crippen molar-refractivity contribution in [1.82, 2.24) is 5.16 Å². The second kappa shape index (κ2) is 6.20. The third-order valence-electron chi connectivity index (χ3n) is 4.24. The van der Waals surface area contributed by atoms with Crippen LogP contribution < -0.4 is 10.2 Å². The van der Waals surface area contributed by atoms with Crippen LogP contribution in [0.15, 0.2) is 28.8 Å². The Hall–Kier alpha value is -1.97. The maximum Gasteiger partial charge on any atom is 0.138 e. The van der Waals surface area contributed by atoms with Crippen LogP contribution in [0, 0.1) is 13.8 Å². The van der Waals surface area contributed by atoms with Crippen molar-refractivity contribution < 1.29 is 4.52 Å². The first kappa shape index (κ1) is 14.0. The van der Waals surface area contributed by atoms with Crippen molar-refractivity contribution in [3.05, 3.63) is 41.3 Å². The Morgan fingerprint density at radius 3 is 2.62 bits per heavy atom. The molecular formula is C17H23N3O. The number of hydrogen-bond acceptors (Lipinski definition) is 4. The largest absolute Gasteiger partial charge is 0.379 e. The second-order valence-electron chi connectivity index (χ2n) is 5.72. The fraction of sp³-hybridized carbons (Fsp3) is 0.471. The van der Waals surface area contributed by atoms with Crippen molar-refractivity contribution in [1.29, 1.82) is 0 Å². The Morgan fingerprint density at radius 1 is 1.14 bits per heavy atom. The van der Waals surface area contributed by atoms with E-state index in [0.29, 0.717) is 0 Å². The van der Waals surface area contributed by atoms with Gasteiger partial charge in [-0.25, -0.2) is 0 Å². The average molecular weight is 285 g/mol. The van der Waals surface area contributed by atoms with E-state index in [1.54, 1.807) is 0 Å². The average Bonchev–Trinajstić information content (AvgIpc) is 2.85. The van der Waals surface area contributed by atoms with Crippen molar-refractivity contribution in [2.45, 2.75) is 39.7 Å². The summed E-state index contributed by atoms with van der Waals surface area (Å²) < 4.78 is 5.23. The Morgan fingerprint density at radius 2 is 1.90 bits per heavy atom. The van der Waals surface area contributed by atoms with Crippen molar-refractivity contribution in [2.75, 3.05) is 23.3 Å². The minimum Gasteiger partial charge on any atom is -0.379 e. The van der Waals surface area contributed by atoms with Crippen LogP contribution >= 0.6 is 0 Å². The molecule has 0 saturated carbocycles. The molecule has 1 aliphatic heterocycles. The molecule has 112 valence electrons. The number of para-hydroxylation sites is 2. The van der Waals surface area contributed by atoms with E-state index in [1.807, 2.05) is 13.8 Å². The van der Waals surface area contributed by atoms with E-state index in [1.165, 1.54) is 30.6 Å². The highest BCUT2D eigenvalue weighted by Crippen LogP contribution is 2.29. The zero-order valence-corrected chi connectivity index (χ0v) is 12.9. The summed E-state index contributed by atoms with van der Waals surface area (Å²) in [5, 5.41) is 7.57. The first-order chi connectivity index (χ1) is 10.3. The van der Waals surface area contributed by atoms with Crippen LogP contribution in [0.5, 0.6) is 0 Å². The molecule has 1 aliphatic rings. The number of nitrogens with zero attached hydrogens (tertiary/aromatic N) is 2.